The Morgan fingerprint density at radius 3 is 2.90 bits per heavy atom. The van der Waals surface area contributed by atoms with Gasteiger partial charge in [-0.05, 0) is 13.8 Å². The van der Waals surface area contributed by atoms with Gasteiger partial charge in [-0.1, -0.05) is 0 Å². The van der Waals surface area contributed by atoms with E-state index in [1.54, 1.807) is 17.7 Å². The van der Waals surface area contributed by atoms with E-state index in [-0.39, 0.29) is 0 Å². The van der Waals surface area contributed by atoms with E-state index < -0.39 is 0 Å². The van der Waals surface area contributed by atoms with Gasteiger partial charge in [-0.3, -0.25) is 0 Å². The lowest BCUT2D eigenvalue weighted by molar-refractivity contribution is 0.760. The number of hydrogen-bond donors (Lipinski definition) is 2. The van der Waals surface area contributed by atoms with Gasteiger partial charge in [0.15, 0.2) is 11.8 Å². The lowest BCUT2D eigenvalue weighted by Gasteiger charge is -2.10. The zero-order chi connectivity index (χ0) is 15.1. The molecule has 0 radical (unpaired) electrons. The second-order valence-corrected chi connectivity index (χ2v) is 5.65. The van der Waals surface area contributed by atoms with Gasteiger partial charge in [0.05, 0.1) is 10.7 Å². The van der Waals surface area contributed by atoms with Crippen molar-refractivity contribution >= 4 is 17.3 Å². The minimum Gasteiger partial charge on any atom is -0.357 e. The van der Waals surface area contributed by atoms with Crippen molar-refractivity contribution in [3.63, 3.8) is 0 Å². The third-order valence-corrected chi connectivity index (χ3v) is 3.69. The van der Waals surface area contributed by atoms with E-state index in [2.05, 4.69) is 36.2 Å². The molecule has 0 aliphatic rings. The predicted octanol–water partition coefficient (Wildman–Crippen LogP) is 0.878. The molecule has 2 heterocycles. The molecule has 0 unspecified atom stereocenters. The van der Waals surface area contributed by atoms with Gasteiger partial charge in [0.2, 0.25) is 0 Å². The average molecular weight is 307 g/mol. The second kappa shape index (κ2) is 7.72. The first-order valence-electron chi connectivity index (χ1n) is 6.95. The van der Waals surface area contributed by atoms with Gasteiger partial charge in [-0.25, -0.2) is 9.98 Å². The number of hydrogen-bond acceptors (Lipinski definition) is 5. The Bertz CT molecular complexity index is 587. The standard InChI is InChI=1S/C13H21N7S/c1-4-14-13(16-7-12-19-17-9-20(12)3)15-6-5-11-8-21-10(2)18-11/h8-9H,4-7H2,1-3H3,(H2,14,15,16). The van der Waals surface area contributed by atoms with Crippen LogP contribution in [0.15, 0.2) is 16.7 Å². The molecular weight excluding hydrogens is 286 g/mol. The molecule has 114 valence electrons. The summed E-state index contributed by atoms with van der Waals surface area (Å²) in [6.45, 7) is 6.19. The Labute approximate surface area is 128 Å². The Hall–Kier alpha value is -1.96. The first kappa shape index (κ1) is 15.4. The summed E-state index contributed by atoms with van der Waals surface area (Å²) in [5.74, 6) is 1.62. The summed E-state index contributed by atoms with van der Waals surface area (Å²) in [7, 11) is 1.91. The zero-order valence-corrected chi connectivity index (χ0v) is 13.4. The van der Waals surface area contributed by atoms with Crippen LogP contribution in [0.4, 0.5) is 0 Å². The number of aryl methyl sites for hydroxylation is 2. The maximum Gasteiger partial charge on any atom is 0.191 e. The third kappa shape index (κ3) is 4.82. The van der Waals surface area contributed by atoms with Crippen LogP contribution in [0.1, 0.15) is 23.4 Å². The van der Waals surface area contributed by atoms with Crippen LogP contribution in [0.25, 0.3) is 0 Å². The monoisotopic (exact) mass is 307 g/mol. The van der Waals surface area contributed by atoms with Crippen molar-refractivity contribution in [3.8, 4) is 0 Å². The topological polar surface area (TPSA) is 80.0 Å². The van der Waals surface area contributed by atoms with Crippen molar-refractivity contribution < 1.29 is 0 Å². The molecule has 0 fully saturated rings. The highest BCUT2D eigenvalue weighted by Gasteiger charge is 2.02. The molecule has 2 aromatic heterocycles. The number of guanidine groups is 1. The van der Waals surface area contributed by atoms with Gasteiger partial charge < -0.3 is 15.2 Å². The van der Waals surface area contributed by atoms with Crippen LogP contribution >= 0.6 is 11.3 Å². The van der Waals surface area contributed by atoms with Crippen LogP contribution in [-0.4, -0.2) is 38.8 Å². The summed E-state index contributed by atoms with van der Waals surface area (Å²) < 4.78 is 1.87. The molecular formula is C13H21N7S. The van der Waals surface area contributed by atoms with Crippen molar-refractivity contribution in [1.82, 2.24) is 30.4 Å². The summed E-state index contributed by atoms with van der Waals surface area (Å²) in [6.07, 6.45) is 2.56. The molecule has 0 aliphatic heterocycles. The Kier molecular flexibility index (Phi) is 5.68. The number of aromatic nitrogens is 4. The summed E-state index contributed by atoms with van der Waals surface area (Å²) in [4.78, 5) is 8.95. The first-order valence-corrected chi connectivity index (χ1v) is 7.83. The molecule has 2 aromatic rings. The largest absolute Gasteiger partial charge is 0.357 e. The minimum atomic E-state index is 0.502. The summed E-state index contributed by atoms with van der Waals surface area (Å²) >= 11 is 1.68. The minimum absolute atomic E-state index is 0.502. The molecule has 0 saturated heterocycles. The maximum absolute atomic E-state index is 4.51. The van der Waals surface area contributed by atoms with E-state index in [1.807, 2.05) is 25.5 Å². The normalized spacial score (nSPS) is 11.7. The molecule has 0 saturated carbocycles. The average Bonchev–Trinajstić information content (AvgIpc) is 3.05. The molecule has 0 amide bonds. The maximum atomic E-state index is 4.51. The van der Waals surface area contributed by atoms with Gasteiger partial charge in [0.25, 0.3) is 0 Å². The molecule has 8 heteroatoms. The summed E-state index contributed by atoms with van der Waals surface area (Å²) in [5, 5.41) is 17.6. The van der Waals surface area contributed by atoms with E-state index in [0.29, 0.717) is 6.54 Å². The molecule has 2 N–H and O–H groups in total. The van der Waals surface area contributed by atoms with Crippen molar-refractivity contribution in [2.24, 2.45) is 12.0 Å². The highest BCUT2D eigenvalue weighted by molar-refractivity contribution is 7.09. The number of nitrogens with zero attached hydrogens (tertiary/aromatic N) is 5. The Balaban J connectivity index is 1.85. The van der Waals surface area contributed by atoms with E-state index in [0.717, 1.165) is 42.0 Å². The van der Waals surface area contributed by atoms with Gasteiger partial charge in [-0.2, -0.15) is 0 Å². The predicted molar refractivity (Wildman–Crippen MR) is 84.4 cm³/mol. The lowest BCUT2D eigenvalue weighted by Crippen LogP contribution is -2.38. The highest BCUT2D eigenvalue weighted by Crippen LogP contribution is 2.07. The van der Waals surface area contributed by atoms with E-state index in [4.69, 9.17) is 0 Å². The van der Waals surface area contributed by atoms with Crippen LogP contribution in [-0.2, 0) is 20.0 Å². The van der Waals surface area contributed by atoms with Crippen LogP contribution in [0.5, 0.6) is 0 Å². The van der Waals surface area contributed by atoms with Crippen molar-refractivity contribution in [2.45, 2.75) is 26.8 Å². The molecule has 0 aromatic carbocycles. The molecule has 7 nitrogen and oxygen atoms in total. The van der Waals surface area contributed by atoms with E-state index >= 15 is 0 Å². The smallest absolute Gasteiger partial charge is 0.191 e. The molecule has 21 heavy (non-hydrogen) atoms. The van der Waals surface area contributed by atoms with Crippen molar-refractivity contribution in [3.05, 3.63) is 28.2 Å². The fourth-order valence-electron chi connectivity index (χ4n) is 1.77. The van der Waals surface area contributed by atoms with Crippen LogP contribution in [0, 0.1) is 6.92 Å². The fraction of sp³-hybridized carbons (Fsp3) is 0.538. The molecule has 0 atom stereocenters. The first-order chi connectivity index (χ1) is 10.2. The van der Waals surface area contributed by atoms with Gasteiger partial charge in [-0.15, -0.1) is 21.5 Å². The Morgan fingerprint density at radius 2 is 2.29 bits per heavy atom. The quantitative estimate of drug-likeness (QED) is 0.612. The summed E-state index contributed by atoms with van der Waals surface area (Å²) in [6, 6.07) is 0. The SMILES string of the molecule is CCNC(=NCc1nncn1C)NCCc1csc(C)n1. The van der Waals surface area contributed by atoms with Crippen LogP contribution < -0.4 is 10.6 Å². The van der Waals surface area contributed by atoms with E-state index in [1.165, 1.54) is 0 Å². The molecule has 2 rings (SSSR count). The number of nitrogens with one attached hydrogen (secondary N) is 2. The van der Waals surface area contributed by atoms with Gasteiger partial charge in [0.1, 0.15) is 12.9 Å². The third-order valence-electron chi connectivity index (χ3n) is 2.87. The van der Waals surface area contributed by atoms with Crippen molar-refractivity contribution in [2.75, 3.05) is 13.1 Å². The number of rotatable bonds is 6. The van der Waals surface area contributed by atoms with Gasteiger partial charge in [0, 0.05) is 31.9 Å². The van der Waals surface area contributed by atoms with Crippen LogP contribution in [0.3, 0.4) is 0 Å². The van der Waals surface area contributed by atoms with Crippen molar-refractivity contribution in [1.29, 1.82) is 0 Å². The number of thiazole rings is 1. The molecule has 0 spiro atoms. The second-order valence-electron chi connectivity index (χ2n) is 4.59. The van der Waals surface area contributed by atoms with Gasteiger partial charge >= 0.3 is 0 Å². The molecule has 0 bridgehead atoms. The zero-order valence-electron chi connectivity index (χ0n) is 12.6. The van der Waals surface area contributed by atoms with Crippen LogP contribution in [0.2, 0.25) is 0 Å². The number of aliphatic imine (C=N–C) groups is 1. The fourth-order valence-corrected chi connectivity index (χ4v) is 2.42. The van der Waals surface area contributed by atoms with E-state index in [9.17, 15) is 0 Å². The lowest BCUT2D eigenvalue weighted by atomic mass is 10.3. The molecule has 0 aliphatic carbocycles. The Morgan fingerprint density at radius 1 is 1.43 bits per heavy atom. The summed E-state index contributed by atoms with van der Waals surface area (Å²) in [5.41, 5.74) is 1.12. The highest BCUT2D eigenvalue weighted by atomic mass is 32.1.